The second-order valence-electron chi connectivity index (χ2n) is 7.76. The third-order valence-corrected chi connectivity index (χ3v) is 9.31. The molecule has 21 heavy (non-hydrogen) atoms. The molecule has 120 valence electrons. The molecule has 2 aliphatic rings. The van der Waals surface area contributed by atoms with Crippen LogP contribution in [0.25, 0.3) is 0 Å². The molecule has 1 aliphatic carbocycles. The molecule has 2 rings (SSSR count). The number of hydrogen-bond donors (Lipinski definition) is 0. The number of rotatable bonds is 4. The monoisotopic (exact) mass is 310 g/mol. The molecule has 0 amide bonds. The molecule has 2 fully saturated rings. The lowest BCUT2D eigenvalue weighted by Gasteiger charge is -2.35. The van der Waals surface area contributed by atoms with Crippen LogP contribution < -0.4 is 0 Å². The van der Waals surface area contributed by atoms with Crippen molar-refractivity contribution in [1.29, 1.82) is 0 Å². The molecule has 1 saturated heterocycles. The highest BCUT2D eigenvalue weighted by Crippen LogP contribution is 2.41. The maximum absolute atomic E-state index is 6.09. The van der Waals surface area contributed by atoms with Crippen LogP contribution in [0.2, 0.25) is 18.1 Å². The number of hydrogen-bond acceptors (Lipinski definition) is 3. The van der Waals surface area contributed by atoms with Gasteiger partial charge in [-0.05, 0) is 50.2 Å². The van der Waals surface area contributed by atoms with E-state index >= 15 is 0 Å². The Bertz CT molecular complexity index is 404. The summed E-state index contributed by atoms with van der Waals surface area (Å²) in [5.74, 6) is 6.47. The molecule has 0 aromatic carbocycles. The van der Waals surface area contributed by atoms with Gasteiger partial charge < -0.3 is 13.9 Å². The molecule has 0 N–H and O–H groups in total. The normalized spacial score (nSPS) is 25.1. The van der Waals surface area contributed by atoms with Crippen molar-refractivity contribution < 1.29 is 13.9 Å². The Balaban J connectivity index is 1.79. The molecule has 4 heteroatoms. The lowest BCUT2D eigenvalue weighted by Crippen LogP contribution is -2.40. The Morgan fingerprint density at radius 3 is 2.48 bits per heavy atom. The molecule has 1 aliphatic heterocycles. The van der Waals surface area contributed by atoms with Gasteiger partial charge >= 0.3 is 0 Å². The van der Waals surface area contributed by atoms with Crippen molar-refractivity contribution in [1.82, 2.24) is 0 Å². The van der Waals surface area contributed by atoms with Gasteiger partial charge in [-0.3, -0.25) is 0 Å². The summed E-state index contributed by atoms with van der Waals surface area (Å²) in [6, 6.07) is 0. The van der Waals surface area contributed by atoms with Crippen molar-refractivity contribution in [3.63, 3.8) is 0 Å². The molecule has 1 heterocycles. The molecule has 3 nitrogen and oxygen atoms in total. The van der Waals surface area contributed by atoms with Gasteiger partial charge in [-0.2, -0.15) is 0 Å². The van der Waals surface area contributed by atoms with E-state index in [0.717, 1.165) is 32.3 Å². The van der Waals surface area contributed by atoms with Crippen molar-refractivity contribution in [2.75, 3.05) is 13.2 Å². The largest absolute Gasteiger partial charge is 0.406 e. The van der Waals surface area contributed by atoms with E-state index in [0.29, 0.717) is 6.61 Å². The average molecular weight is 311 g/mol. The maximum atomic E-state index is 6.09. The molecule has 0 aromatic heterocycles. The van der Waals surface area contributed by atoms with Crippen molar-refractivity contribution in [2.45, 2.75) is 82.9 Å². The summed E-state index contributed by atoms with van der Waals surface area (Å²) in [5, 5.41) is 0.235. The Morgan fingerprint density at radius 1 is 1.24 bits per heavy atom. The smallest absolute Gasteiger partial charge is 0.193 e. The summed E-state index contributed by atoms with van der Waals surface area (Å²) in [7, 11) is -1.69. The van der Waals surface area contributed by atoms with Crippen LogP contribution in [0.3, 0.4) is 0 Å². The molecule has 0 aromatic rings. The molecular weight excluding hydrogens is 280 g/mol. The summed E-state index contributed by atoms with van der Waals surface area (Å²) < 4.78 is 17.8. The van der Waals surface area contributed by atoms with Crippen LogP contribution >= 0.6 is 0 Å². The van der Waals surface area contributed by atoms with E-state index in [4.69, 9.17) is 13.9 Å². The predicted molar refractivity (Wildman–Crippen MR) is 87.6 cm³/mol. The summed E-state index contributed by atoms with van der Waals surface area (Å²) in [5.41, 5.74) is -0.237. The van der Waals surface area contributed by atoms with E-state index in [-0.39, 0.29) is 16.9 Å². The maximum Gasteiger partial charge on any atom is 0.193 e. The van der Waals surface area contributed by atoms with Crippen LogP contribution in [0, 0.1) is 11.8 Å². The molecule has 0 spiro atoms. The highest BCUT2D eigenvalue weighted by Gasteiger charge is 2.45. The molecule has 1 atom stereocenters. The minimum absolute atomic E-state index is 0.0446. The van der Waals surface area contributed by atoms with Crippen molar-refractivity contribution >= 4 is 8.32 Å². The fraction of sp³-hybridized carbons (Fsp3) is 0.882. The van der Waals surface area contributed by atoms with Crippen LogP contribution in [0.1, 0.15) is 52.9 Å². The first-order valence-electron chi connectivity index (χ1n) is 8.18. The Labute approximate surface area is 130 Å². The van der Waals surface area contributed by atoms with E-state index in [1.54, 1.807) is 0 Å². The SMILES string of the molecule is CC(C)(C)[Si](C)(C)OCC#CC1(OC2CCCCO2)CC1. The Hall–Kier alpha value is -0.343. The van der Waals surface area contributed by atoms with E-state index in [1.807, 2.05) is 0 Å². The van der Waals surface area contributed by atoms with Crippen LogP contribution in [0.4, 0.5) is 0 Å². The lowest BCUT2D eigenvalue weighted by atomic mass is 10.2. The van der Waals surface area contributed by atoms with Crippen LogP contribution in [0.15, 0.2) is 0 Å². The van der Waals surface area contributed by atoms with Crippen molar-refractivity contribution in [3.05, 3.63) is 0 Å². The second kappa shape index (κ2) is 6.42. The zero-order chi connectivity index (χ0) is 15.6. The summed E-state index contributed by atoms with van der Waals surface area (Å²) in [4.78, 5) is 0. The highest BCUT2D eigenvalue weighted by molar-refractivity contribution is 6.74. The summed E-state index contributed by atoms with van der Waals surface area (Å²) in [6.45, 7) is 12.6. The quantitative estimate of drug-likeness (QED) is 0.578. The molecule has 1 saturated carbocycles. The van der Waals surface area contributed by atoms with Crippen LogP contribution in [-0.2, 0) is 13.9 Å². The van der Waals surface area contributed by atoms with Crippen molar-refractivity contribution in [3.8, 4) is 11.8 Å². The van der Waals surface area contributed by atoms with Gasteiger partial charge in [0.2, 0.25) is 0 Å². The summed E-state index contributed by atoms with van der Waals surface area (Å²) >= 11 is 0. The topological polar surface area (TPSA) is 27.7 Å². The van der Waals surface area contributed by atoms with Gasteiger partial charge in [0.25, 0.3) is 0 Å². The standard InChI is InChI=1S/C17H30O3Si/c1-16(2,3)21(4,5)19-14-8-10-17(11-12-17)20-15-9-6-7-13-18-15/h15H,6-7,9,11-14H2,1-5H3. The van der Waals surface area contributed by atoms with E-state index in [1.165, 1.54) is 6.42 Å². The summed E-state index contributed by atoms with van der Waals surface area (Å²) in [6.07, 6.45) is 5.36. The second-order valence-corrected chi connectivity index (χ2v) is 12.6. The molecule has 0 bridgehead atoms. The minimum Gasteiger partial charge on any atom is -0.406 e. The first-order valence-corrected chi connectivity index (χ1v) is 11.1. The van der Waals surface area contributed by atoms with Gasteiger partial charge in [0.05, 0.1) is 6.61 Å². The third-order valence-electron chi connectivity index (χ3n) is 4.83. The van der Waals surface area contributed by atoms with E-state index < -0.39 is 8.32 Å². The van der Waals surface area contributed by atoms with Crippen LogP contribution in [-0.4, -0.2) is 33.4 Å². The van der Waals surface area contributed by atoms with Gasteiger partial charge in [-0.15, -0.1) is 0 Å². The van der Waals surface area contributed by atoms with Gasteiger partial charge in [-0.25, -0.2) is 0 Å². The fourth-order valence-corrected chi connectivity index (χ4v) is 2.94. The lowest BCUT2D eigenvalue weighted by molar-refractivity contribution is -0.183. The zero-order valence-corrected chi connectivity index (χ0v) is 15.3. The van der Waals surface area contributed by atoms with E-state index in [2.05, 4.69) is 45.7 Å². The minimum atomic E-state index is -1.69. The highest BCUT2D eigenvalue weighted by atomic mass is 28.4. The van der Waals surface area contributed by atoms with Gasteiger partial charge in [-0.1, -0.05) is 32.6 Å². The van der Waals surface area contributed by atoms with Gasteiger partial charge in [0.1, 0.15) is 5.60 Å². The Kier molecular flexibility index (Phi) is 5.20. The Morgan fingerprint density at radius 2 is 1.95 bits per heavy atom. The third kappa shape index (κ3) is 4.82. The van der Waals surface area contributed by atoms with E-state index in [9.17, 15) is 0 Å². The predicted octanol–water partition coefficient (Wildman–Crippen LogP) is 4.09. The van der Waals surface area contributed by atoms with Gasteiger partial charge in [0.15, 0.2) is 14.6 Å². The van der Waals surface area contributed by atoms with Crippen molar-refractivity contribution in [2.24, 2.45) is 0 Å². The zero-order valence-electron chi connectivity index (χ0n) is 14.3. The van der Waals surface area contributed by atoms with Gasteiger partial charge in [0, 0.05) is 6.61 Å². The first-order chi connectivity index (χ1) is 9.74. The molecule has 0 radical (unpaired) electrons. The average Bonchev–Trinajstić information content (AvgIpc) is 3.15. The molecule has 1 unspecified atom stereocenters. The first kappa shape index (κ1) is 17.0. The molecular formula is C17H30O3Si. The fourth-order valence-electron chi connectivity index (χ4n) is 2.07. The van der Waals surface area contributed by atoms with Crippen LogP contribution in [0.5, 0.6) is 0 Å². The number of ether oxygens (including phenoxy) is 2.